The van der Waals surface area contributed by atoms with Gasteiger partial charge in [0.25, 0.3) is 0 Å². The smallest absolute Gasteiger partial charge is 0.337 e. The normalized spacial score (nSPS) is 30.3. The highest BCUT2D eigenvalue weighted by atomic mass is 16.6. The summed E-state index contributed by atoms with van der Waals surface area (Å²) in [6.45, 7) is 0.784. The first kappa shape index (κ1) is 16.7. The molecule has 2 aliphatic rings. The predicted octanol–water partition coefficient (Wildman–Crippen LogP) is -1.96. The number of carbonyl (C=O) groups is 1. The Labute approximate surface area is 144 Å². The van der Waals surface area contributed by atoms with Crippen LogP contribution in [0, 0.1) is 0 Å². The van der Waals surface area contributed by atoms with Crippen LogP contribution in [-0.2, 0) is 4.74 Å². The SMILES string of the molecule is C[C@@]1(O)C(n2cc3[nH]c(=O)c(=O)nc4c3c2NC(=O)N4)O[C@H](CO)[C@H]1O. The molecule has 138 valence electrons. The molecule has 6 N–H and O–H groups in total. The molecule has 0 saturated carbocycles. The van der Waals surface area contributed by atoms with Gasteiger partial charge in [-0.25, -0.2) is 4.79 Å². The van der Waals surface area contributed by atoms with Crippen LogP contribution in [0.4, 0.5) is 16.4 Å². The molecule has 2 aliphatic heterocycles. The molecule has 0 spiro atoms. The maximum absolute atomic E-state index is 11.9. The van der Waals surface area contributed by atoms with Gasteiger partial charge >= 0.3 is 17.1 Å². The minimum atomic E-state index is -1.81. The molecule has 1 fully saturated rings. The average molecular weight is 365 g/mol. The van der Waals surface area contributed by atoms with Gasteiger partial charge in [-0.1, -0.05) is 0 Å². The van der Waals surface area contributed by atoms with Gasteiger partial charge in [0.05, 0.1) is 17.5 Å². The third-order valence-electron chi connectivity index (χ3n) is 4.58. The summed E-state index contributed by atoms with van der Waals surface area (Å²) >= 11 is 0. The van der Waals surface area contributed by atoms with Crippen LogP contribution in [-0.4, -0.2) is 60.3 Å². The van der Waals surface area contributed by atoms with Crippen molar-refractivity contribution in [3.63, 3.8) is 0 Å². The summed E-state index contributed by atoms with van der Waals surface area (Å²) in [4.78, 5) is 41.3. The van der Waals surface area contributed by atoms with Crippen molar-refractivity contribution in [2.75, 3.05) is 17.2 Å². The Morgan fingerprint density at radius 1 is 1.35 bits per heavy atom. The third-order valence-corrected chi connectivity index (χ3v) is 4.58. The Morgan fingerprint density at radius 2 is 2.08 bits per heavy atom. The van der Waals surface area contributed by atoms with E-state index in [0.717, 1.165) is 0 Å². The monoisotopic (exact) mass is 365 g/mol. The van der Waals surface area contributed by atoms with Gasteiger partial charge in [-0.15, -0.1) is 0 Å². The number of H-pyrrole nitrogens is 1. The van der Waals surface area contributed by atoms with Gasteiger partial charge in [0.15, 0.2) is 12.0 Å². The molecule has 4 heterocycles. The molecule has 2 amide bonds. The first-order valence-corrected chi connectivity index (χ1v) is 7.68. The van der Waals surface area contributed by atoms with Crippen molar-refractivity contribution in [2.24, 2.45) is 0 Å². The zero-order valence-electron chi connectivity index (χ0n) is 13.4. The lowest BCUT2D eigenvalue weighted by Gasteiger charge is -2.29. The zero-order valence-corrected chi connectivity index (χ0v) is 13.4. The molecular formula is C14H15N5O7. The largest absolute Gasteiger partial charge is 0.394 e. The first-order chi connectivity index (χ1) is 12.2. The molecule has 2 aromatic rings. The predicted molar refractivity (Wildman–Crippen MR) is 86.9 cm³/mol. The average Bonchev–Trinajstić information content (AvgIpc) is 2.98. The van der Waals surface area contributed by atoms with Crippen LogP contribution in [0.5, 0.6) is 0 Å². The minimum absolute atomic E-state index is 0.105. The van der Waals surface area contributed by atoms with E-state index in [1.54, 1.807) is 0 Å². The van der Waals surface area contributed by atoms with Crippen molar-refractivity contribution in [3.8, 4) is 0 Å². The lowest BCUT2D eigenvalue weighted by molar-refractivity contribution is -0.0954. The first-order valence-electron chi connectivity index (χ1n) is 7.68. The van der Waals surface area contributed by atoms with Gasteiger partial charge in [-0.2, -0.15) is 4.98 Å². The molecule has 0 aromatic carbocycles. The highest BCUT2D eigenvalue weighted by molar-refractivity contribution is 6.15. The van der Waals surface area contributed by atoms with Crippen LogP contribution in [0.2, 0.25) is 0 Å². The maximum Gasteiger partial charge on any atom is 0.337 e. The summed E-state index contributed by atoms with van der Waals surface area (Å²) in [5, 5.41) is 35.2. The fourth-order valence-corrected chi connectivity index (χ4v) is 3.28. The van der Waals surface area contributed by atoms with Gasteiger partial charge < -0.3 is 29.6 Å². The van der Waals surface area contributed by atoms with E-state index in [1.165, 1.54) is 17.7 Å². The van der Waals surface area contributed by atoms with E-state index in [9.17, 15) is 29.7 Å². The number of amides is 2. The second-order valence-corrected chi connectivity index (χ2v) is 6.35. The molecule has 0 radical (unpaired) electrons. The molecular weight excluding hydrogens is 350 g/mol. The van der Waals surface area contributed by atoms with Crippen LogP contribution in [0.3, 0.4) is 0 Å². The Balaban J connectivity index is 2.00. The van der Waals surface area contributed by atoms with Crippen molar-refractivity contribution in [1.82, 2.24) is 14.5 Å². The molecule has 1 saturated heterocycles. The highest BCUT2D eigenvalue weighted by Gasteiger charge is 2.53. The number of nitrogens with one attached hydrogen (secondary N) is 3. The second-order valence-electron chi connectivity index (χ2n) is 6.35. The van der Waals surface area contributed by atoms with Crippen molar-refractivity contribution in [1.29, 1.82) is 0 Å². The molecule has 4 atom stereocenters. The number of aromatic nitrogens is 3. The van der Waals surface area contributed by atoms with Crippen LogP contribution >= 0.6 is 0 Å². The lowest BCUT2D eigenvalue weighted by Crippen LogP contribution is -2.44. The molecule has 2 aromatic heterocycles. The van der Waals surface area contributed by atoms with Crippen molar-refractivity contribution in [2.45, 2.75) is 31.0 Å². The lowest BCUT2D eigenvalue weighted by atomic mass is 9.96. The van der Waals surface area contributed by atoms with Crippen molar-refractivity contribution in [3.05, 3.63) is 26.9 Å². The number of anilines is 2. The number of hydrogen-bond donors (Lipinski definition) is 6. The quantitative estimate of drug-likeness (QED) is 0.332. The molecule has 4 rings (SSSR count). The Kier molecular flexibility index (Phi) is 3.43. The Hall–Kier alpha value is -2.80. The summed E-state index contributed by atoms with van der Waals surface area (Å²) < 4.78 is 6.84. The van der Waals surface area contributed by atoms with Crippen LogP contribution in [0.25, 0.3) is 10.9 Å². The Bertz CT molecular complexity index is 1040. The zero-order chi connectivity index (χ0) is 18.8. The summed E-state index contributed by atoms with van der Waals surface area (Å²) in [5.41, 5.74) is -3.72. The minimum Gasteiger partial charge on any atom is -0.394 e. The van der Waals surface area contributed by atoms with Gasteiger partial charge in [-0.05, 0) is 6.92 Å². The van der Waals surface area contributed by atoms with Gasteiger partial charge in [0.1, 0.15) is 23.6 Å². The summed E-state index contributed by atoms with van der Waals surface area (Å²) in [6.07, 6.45) is -2.29. The number of urea groups is 1. The second kappa shape index (κ2) is 5.35. The van der Waals surface area contributed by atoms with Crippen LogP contribution in [0.15, 0.2) is 15.8 Å². The number of aliphatic hydroxyl groups excluding tert-OH is 2. The summed E-state index contributed by atoms with van der Waals surface area (Å²) in [6, 6.07) is -0.707. The van der Waals surface area contributed by atoms with E-state index in [1.807, 2.05) is 0 Å². The number of nitrogens with zero attached hydrogens (tertiary/aromatic N) is 2. The number of aliphatic hydroxyl groups is 3. The number of hydrogen-bond acceptors (Lipinski definition) is 8. The number of aromatic amines is 1. The topological polar surface area (TPSA) is 179 Å². The molecule has 0 aliphatic carbocycles. The van der Waals surface area contributed by atoms with Gasteiger partial charge in [0.2, 0.25) is 0 Å². The van der Waals surface area contributed by atoms with E-state index < -0.39 is 47.8 Å². The Morgan fingerprint density at radius 3 is 2.73 bits per heavy atom. The van der Waals surface area contributed by atoms with E-state index in [0.29, 0.717) is 0 Å². The summed E-state index contributed by atoms with van der Waals surface area (Å²) in [5.74, 6) is -0.0219. The van der Waals surface area contributed by atoms with E-state index in [4.69, 9.17) is 4.74 Å². The fourth-order valence-electron chi connectivity index (χ4n) is 3.28. The van der Waals surface area contributed by atoms with Gasteiger partial charge in [-0.3, -0.25) is 20.2 Å². The van der Waals surface area contributed by atoms with E-state index in [-0.39, 0.29) is 22.5 Å². The fraction of sp³-hybridized carbons (Fsp3) is 0.429. The van der Waals surface area contributed by atoms with Crippen LogP contribution < -0.4 is 21.8 Å². The molecule has 26 heavy (non-hydrogen) atoms. The molecule has 12 nitrogen and oxygen atoms in total. The third kappa shape index (κ3) is 2.17. The maximum atomic E-state index is 11.9. The molecule has 12 heteroatoms. The van der Waals surface area contributed by atoms with Crippen molar-refractivity contribution >= 4 is 28.6 Å². The van der Waals surface area contributed by atoms with Crippen molar-refractivity contribution < 1.29 is 24.9 Å². The van der Waals surface area contributed by atoms with Crippen LogP contribution in [0.1, 0.15) is 13.2 Å². The highest BCUT2D eigenvalue weighted by Crippen LogP contribution is 2.43. The standard InChI is InChI=1S/C14H15N5O7/c1-14(25)7(21)5(3-20)26-12(14)19-2-4-6-8(16-11(23)10(22)15-4)17-13(24)18-9(6)19/h2,5,7,12,20-21,25H,3H2,1H3,(H,15,22)(H2,16,17,18,23,24)/t5-,7-,12?,14+/m1/s1. The summed E-state index contributed by atoms with van der Waals surface area (Å²) in [7, 11) is 0. The van der Waals surface area contributed by atoms with E-state index >= 15 is 0 Å². The molecule has 0 bridgehead atoms. The number of carbonyl (C=O) groups excluding carboxylic acids is 1. The van der Waals surface area contributed by atoms with Gasteiger partial charge in [0, 0.05) is 6.20 Å². The van der Waals surface area contributed by atoms with E-state index in [2.05, 4.69) is 20.6 Å². The molecule has 1 unspecified atom stereocenters. The number of rotatable bonds is 2. The number of ether oxygens (including phenoxy) is 1.